The number of hydrogen-bond donors (Lipinski definition) is 1. The summed E-state index contributed by atoms with van der Waals surface area (Å²) in [4.78, 5) is 29.0. The number of aryl methyl sites for hydroxylation is 1. The molecule has 32 heavy (non-hydrogen) atoms. The summed E-state index contributed by atoms with van der Waals surface area (Å²) in [6, 6.07) is 9.98. The third-order valence-electron chi connectivity index (χ3n) is 5.53. The van der Waals surface area contributed by atoms with Crippen molar-refractivity contribution in [3.05, 3.63) is 63.1 Å². The number of fused-ring (bicyclic) bond motifs is 1. The normalized spacial score (nSPS) is 15.1. The summed E-state index contributed by atoms with van der Waals surface area (Å²) in [5.41, 5.74) is 1.46. The zero-order chi connectivity index (χ0) is 22.9. The van der Waals surface area contributed by atoms with Crippen LogP contribution in [0, 0.1) is 6.92 Å². The van der Waals surface area contributed by atoms with Crippen LogP contribution in [0.25, 0.3) is 10.9 Å². The van der Waals surface area contributed by atoms with E-state index in [4.69, 9.17) is 0 Å². The molecule has 0 saturated carbocycles. The number of benzene rings is 2. The van der Waals surface area contributed by atoms with Crippen LogP contribution < -0.4 is 11.0 Å². The van der Waals surface area contributed by atoms with Crippen LogP contribution in [0.15, 0.2) is 56.8 Å². The van der Waals surface area contributed by atoms with Gasteiger partial charge in [0.1, 0.15) is 6.54 Å². The molecule has 1 amide bonds. The smallest absolute Gasteiger partial charge is 0.325 e. The maximum Gasteiger partial charge on any atom is 0.348 e. The van der Waals surface area contributed by atoms with Gasteiger partial charge >= 0.3 is 5.69 Å². The van der Waals surface area contributed by atoms with Gasteiger partial charge in [0.05, 0.1) is 10.4 Å². The van der Waals surface area contributed by atoms with E-state index in [0.717, 1.165) is 29.3 Å². The first-order valence-corrected chi connectivity index (χ1v) is 12.5. The number of piperidine rings is 1. The van der Waals surface area contributed by atoms with Gasteiger partial charge in [0.15, 0.2) is 0 Å². The highest BCUT2D eigenvalue weighted by Gasteiger charge is 2.26. The number of sulfonamides is 1. The average molecular weight is 519 g/mol. The van der Waals surface area contributed by atoms with Crippen molar-refractivity contribution in [1.82, 2.24) is 13.9 Å². The fourth-order valence-electron chi connectivity index (χ4n) is 3.81. The Labute approximate surface area is 194 Å². The minimum Gasteiger partial charge on any atom is -0.325 e. The molecule has 0 bridgehead atoms. The summed E-state index contributed by atoms with van der Waals surface area (Å²) < 4.78 is 29.6. The zero-order valence-corrected chi connectivity index (χ0v) is 19.9. The van der Waals surface area contributed by atoms with Crippen molar-refractivity contribution < 1.29 is 13.2 Å². The van der Waals surface area contributed by atoms with Gasteiger partial charge in [0, 0.05) is 34.8 Å². The summed E-state index contributed by atoms with van der Waals surface area (Å²) in [6.07, 6.45) is 4.07. The standard InChI is InChI=1S/C22H23BrN4O4S/c1-15-11-17(5-7-19(15)23)25-21(28)14-27-20-8-6-18(12-16(20)13-24-22(27)29)32(30,31)26-9-3-2-4-10-26/h5-8,11-13H,2-4,9-10,14H2,1H3,(H,25,28). The maximum absolute atomic E-state index is 13.0. The largest absolute Gasteiger partial charge is 0.348 e. The van der Waals surface area contributed by atoms with Gasteiger partial charge in [0.25, 0.3) is 0 Å². The molecule has 168 valence electrons. The molecule has 0 aliphatic carbocycles. The Balaban J connectivity index is 1.62. The van der Waals surface area contributed by atoms with Gasteiger partial charge in [-0.25, -0.2) is 18.2 Å². The number of hydrogen-bond acceptors (Lipinski definition) is 5. The molecular formula is C22H23BrN4O4S. The van der Waals surface area contributed by atoms with Crippen molar-refractivity contribution >= 4 is 48.5 Å². The number of carbonyl (C=O) groups is 1. The molecule has 8 nitrogen and oxygen atoms in total. The Morgan fingerprint density at radius 2 is 1.88 bits per heavy atom. The third-order valence-corrected chi connectivity index (χ3v) is 8.32. The zero-order valence-electron chi connectivity index (χ0n) is 17.5. The number of anilines is 1. The monoisotopic (exact) mass is 518 g/mol. The highest BCUT2D eigenvalue weighted by Crippen LogP contribution is 2.24. The number of carbonyl (C=O) groups excluding carboxylic acids is 1. The maximum atomic E-state index is 13.0. The number of rotatable bonds is 5. The molecule has 1 aliphatic heterocycles. The van der Waals surface area contributed by atoms with Crippen molar-refractivity contribution in [1.29, 1.82) is 0 Å². The average Bonchev–Trinajstić information content (AvgIpc) is 2.78. The number of amides is 1. The topological polar surface area (TPSA) is 101 Å². The van der Waals surface area contributed by atoms with E-state index in [-0.39, 0.29) is 17.3 Å². The van der Waals surface area contributed by atoms with Gasteiger partial charge in [-0.15, -0.1) is 0 Å². The van der Waals surface area contributed by atoms with Crippen LogP contribution in [0.5, 0.6) is 0 Å². The molecule has 4 rings (SSSR count). The summed E-state index contributed by atoms with van der Waals surface area (Å²) in [5.74, 6) is -0.381. The lowest BCUT2D eigenvalue weighted by atomic mass is 10.2. The van der Waals surface area contributed by atoms with Crippen LogP contribution in [0.2, 0.25) is 0 Å². The van der Waals surface area contributed by atoms with E-state index in [9.17, 15) is 18.0 Å². The van der Waals surface area contributed by atoms with E-state index >= 15 is 0 Å². The van der Waals surface area contributed by atoms with Gasteiger partial charge in [-0.2, -0.15) is 4.31 Å². The van der Waals surface area contributed by atoms with E-state index in [1.54, 1.807) is 12.1 Å². The van der Waals surface area contributed by atoms with Crippen LogP contribution in [-0.2, 0) is 21.4 Å². The summed E-state index contributed by atoms with van der Waals surface area (Å²) in [5, 5.41) is 3.26. The fourth-order valence-corrected chi connectivity index (χ4v) is 5.61. The van der Waals surface area contributed by atoms with E-state index in [1.807, 2.05) is 19.1 Å². The molecule has 3 aromatic rings. The minimum absolute atomic E-state index is 0.161. The first-order chi connectivity index (χ1) is 15.3. The fraction of sp³-hybridized carbons (Fsp3) is 0.318. The molecule has 0 atom stereocenters. The lowest BCUT2D eigenvalue weighted by Crippen LogP contribution is -2.35. The van der Waals surface area contributed by atoms with Crippen LogP contribution in [-0.4, -0.2) is 41.3 Å². The molecular weight excluding hydrogens is 496 g/mol. The highest BCUT2D eigenvalue weighted by atomic mass is 79.9. The Morgan fingerprint density at radius 3 is 2.59 bits per heavy atom. The van der Waals surface area contributed by atoms with Crippen LogP contribution in [0.4, 0.5) is 5.69 Å². The lowest BCUT2D eigenvalue weighted by Gasteiger charge is -2.26. The molecule has 0 spiro atoms. The van der Waals surface area contributed by atoms with Gasteiger partial charge in [-0.1, -0.05) is 22.4 Å². The summed E-state index contributed by atoms with van der Waals surface area (Å²) in [6.45, 7) is 2.69. The van der Waals surface area contributed by atoms with Crippen LogP contribution >= 0.6 is 15.9 Å². The molecule has 1 aromatic heterocycles. The Bertz CT molecular complexity index is 1350. The molecule has 1 fully saturated rings. The van der Waals surface area contributed by atoms with Crippen LogP contribution in [0.1, 0.15) is 24.8 Å². The van der Waals surface area contributed by atoms with E-state index in [0.29, 0.717) is 29.7 Å². The van der Waals surface area contributed by atoms with Gasteiger partial charge < -0.3 is 5.32 Å². The predicted molar refractivity (Wildman–Crippen MR) is 126 cm³/mol. The van der Waals surface area contributed by atoms with Crippen molar-refractivity contribution in [2.24, 2.45) is 0 Å². The predicted octanol–water partition coefficient (Wildman–Crippen LogP) is 3.28. The van der Waals surface area contributed by atoms with Crippen molar-refractivity contribution in [3.63, 3.8) is 0 Å². The Hall–Kier alpha value is -2.56. The van der Waals surface area contributed by atoms with Crippen molar-refractivity contribution in [2.45, 2.75) is 37.6 Å². The molecule has 1 N–H and O–H groups in total. The quantitative estimate of drug-likeness (QED) is 0.558. The Kier molecular flexibility index (Phi) is 6.45. The molecule has 1 saturated heterocycles. The second-order valence-electron chi connectivity index (χ2n) is 7.82. The van der Waals surface area contributed by atoms with E-state index in [2.05, 4.69) is 26.2 Å². The summed E-state index contributed by atoms with van der Waals surface area (Å²) in [7, 11) is -3.61. The van der Waals surface area contributed by atoms with Gasteiger partial charge in [-0.05, 0) is 61.7 Å². The first-order valence-electron chi connectivity index (χ1n) is 10.3. The first kappa shape index (κ1) is 22.6. The number of nitrogens with one attached hydrogen (secondary N) is 1. The highest BCUT2D eigenvalue weighted by molar-refractivity contribution is 9.10. The summed E-state index contributed by atoms with van der Waals surface area (Å²) >= 11 is 3.42. The van der Waals surface area contributed by atoms with E-state index in [1.165, 1.54) is 27.2 Å². The molecule has 2 aromatic carbocycles. The minimum atomic E-state index is -3.61. The van der Waals surface area contributed by atoms with E-state index < -0.39 is 15.7 Å². The molecule has 0 radical (unpaired) electrons. The lowest BCUT2D eigenvalue weighted by molar-refractivity contribution is -0.116. The van der Waals surface area contributed by atoms with Gasteiger partial charge in [-0.3, -0.25) is 9.36 Å². The number of aromatic nitrogens is 2. The molecule has 2 heterocycles. The molecule has 1 aliphatic rings. The SMILES string of the molecule is Cc1cc(NC(=O)Cn2c(=O)ncc3cc(S(=O)(=O)N4CCCCC4)ccc32)ccc1Br. The molecule has 10 heteroatoms. The molecule has 0 unspecified atom stereocenters. The van der Waals surface area contributed by atoms with Crippen molar-refractivity contribution in [3.8, 4) is 0 Å². The Morgan fingerprint density at radius 1 is 1.12 bits per heavy atom. The number of halogens is 1. The second-order valence-corrected chi connectivity index (χ2v) is 10.6. The van der Waals surface area contributed by atoms with Crippen molar-refractivity contribution in [2.75, 3.05) is 18.4 Å². The third kappa shape index (κ3) is 4.62. The second kappa shape index (κ2) is 9.13. The van der Waals surface area contributed by atoms with Gasteiger partial charge in [0.2, 0.25) is 15.9 Å². The number of nitrogens with zero attached hydrogens (tertiary/aromatic N) is 3. The van der Waals surface area contributed by atoms with Crippen LogP contribution in [0.3, 0.4) is 0 Å².